The number of carbonyl (C=O) groups excluding carboxylic acids is 1. The van der Waals surface area contributed by atoms with E-state index < -0.39 is 0 Å². The second kappa shape index (κ2) is 9.65. The maximum Gasteiger partial charge on any atom is 0.311 e. The van der Waals surface area contributed by atoms with Gasteiger partial charge in [0.15, 0.2) is 0 Å². The Morgan fingerprint density at radius 2 is 1.71 bits per heavy atom. The van der Waals surface area contributed by atoms with Gasteiger partial charge in [0, 0.05) is 11.1 Å². The van der Waals surface area contributed by atoms with Crippen LogP contribution in [0.4, 0.5) is 0 Å². The highest BCUT2D eigenvalue weighted by atomic mass is 16.5. The topological polar surface area (TPSA) is 123 Å². The molecule has 184 valence electrons. The number of quaternary nitrogens is 1. The lowest BCUT2D eigenvalue weighted by Crippen LogP contribution is -3.21. The standard InChI is InChI=1S/C25H28N4O6/c1-33-19-8-4-18(5-9-19)22-26-27-23(35-22)24(32)29-11-21(12-29)34-20-6-2-17(3-7-20)10-28-13-25(14-28,15-30)16-31/h2-9,21,30-31H,10-16H2,1H3/p+1. The van der Waals surface area contributed by atoms with E-state index >= 15 is 0 Å². The van der Waals surface area contributed by atoms with Crippen molar-refractivity contribution in [1.29, 1.82) is 0 Å². The quantitative estimate of drug-likeness (QED) is 0.391. The van der Waals surface area contributed by atoms with Gasteiger partial charge in [0.1, 0.15) is 29.6 Å². The van der Waals surface area contributed by atoms with Gasteiger partial charge in [-0.2, -0.15) is 0 Å². The van der Waals surface area contributed by atoms with Crippen molar-refractivity contribution in [3.8, 4) is 23.0 Å². The molecule has 2 aliphatic rings. The number of amides is 1. The second-order valence-electron chi connectivity index (χ2n) is 9.33. The summed E-state index contributed by atoms with van der Waals surface area (Å²) in [7, 11) is 1.59. The molecule has 0 radical (unpaired) electrons. The summed E-state index contributed by atoms with van der Waals surface area (Å²) in [6.07, 6.45) is -0.0930. The van der Waals surface area contributed by atoms with E-state index in [4.69, 9.17) is 13.9 Å². The van der Waals surface area contributed by atoms with E-state index in [-0.39, 0.29) is 42.4 Å². The summed E-state index contributed by atoms with van der Waals surface area (Å²) in [5, 5.41) is 26.7. The van der Waals surface area contributed by atoms with Crippen LogP contribution in [0.2, 0.25) is 0 Å². The molecule has 1 amide bonds. The van der Waals surface area contributed by atoms with Gasteiger partial charge in [-0.3, -0.25) is 4.79 Å². The zero-order valence-electron chi connectivity index (χ0n) is 19.5. The molecule has 10 nitrogen and oxygen atoms in total. The zero-order valence-corrected chi connectivity index (χ0v) is 19.5. The Morgan fingerprint density at radius 3 is 2.34 bits per heavy atom. The zero-order chi connectivity index (χ0) is 24.4. The third-order valence-corrected chi connectivity index (χ3v) is 6.68. The number of nitrogens with one attached hydrogen (secondary N) is 1. The first-order chi connectivity index (χ1) is 17.0. The number of aromatic nitrogens is 2. The van der Waals surface area contributed by atoms with E-state index in [9.17, 15) is 15.0 Å². The van der Waals surface area contributed by atoms with Gasteiger partial charge in [0.2, 0.25) is 5.89 Å². The minimum atomic E-state index is -0.329. The molecule has 3 aromatic rings. The van der Waals surface area contributed by atoms with Gasteiger partial charge in [0.05, 0.1) is 46.5 Å². The summed E-state index contributed by atoms with van der Waals surface area (Å²) in [5.41, 5.74) is 1.55. The van der Waals surface area contributed by atoms with Crippen LogP contribution in [0, 0.1) is 5.41 Å². The molecular weight excluding hydrogens is 452 g/mol. The number of aliphatic hydroxyl groups excluding tert-OH is 2. The molecule has 2 fully saturated rings. The molecule has 35 heavy (non-hydrogen) atoms. The molecule has 0 unspecified atom stereocenters. The third kappa shape index (κ3) is 4.86. The van der Waals surface area contributed by atoms with Crippen LogP contribution in [0.3, 0.4) is 0 Å². The molecule has 0 atom stereocenters. The number of benzene rings is 2. The van der Waals surface area contributed by atoms with Gasteiger partial charge < -0.3 is 33.9 Å². The van der Waals surface area contributed by atoms with Gasteiger partial charge >= 0.3 is 11.8 Å². The van der Waals surface area contributed by atoms with Gasteiger partial charge in [-0.15, -0.1) is 10.2 Å². The van der Waals surface area contributed by atoms with Crippen LogP contribution in [0.1, 0.15) is 16.2 Å². The van der Waals surface area contributed by atoms with Crippen LogP contribution in [-0.2, 0) is 6.54 Å². The lowest BCUT2D eigenvalue weighted by molar-refractivity contribution is -0.974. The third-order valence-electron chi connectivity index (χ3n) is 6.68. The smallest absolute Gasteiger partial charge is 0.311 e. The van der Waals surface area contributed by atoms with Crippen molar-refractivity contribution in [1.82, 2.24) is 15.1 Å². The molecule has 1 aromatic heterocycles. The first-order valence-electron chi connectivity index (χ1n) is 11.6. The SMILES string of the molecule is COc1ccc(-c2nnc(C(=O)N3CC(Oc4ccc(C[NH+]5CC(CO)(CO)C5)cc4)C3)o2)cc1. The first kappa shape index (κ1) is 23.3. The van der Waals surface area contributed by atoms with E-state index in [1.807, 2.05) is 24.3 Å². The molecule has 2 saturated heterocycles. The minimum absolute atomic E-state index is 0.0248. The lowest BCUT2D eigenvalue weighted by Gasteiger charge is -2.44. The van der Waals surface area contributed by atoms with E-state index in [0.717, 1.165) is 31.1 Å². The van der Waals surface area contributed by atoms with Gasteiger partial charge in [-0.1, -0.05) is 0 Å². The number of hydrogen-bond acceptors (Lipinski definition) is 8. The largest absolute Gasteiger partial charge is 0.497 e. The van der Waals surface area contributed by atoms with Crippen LogP contribution in [0.5, 0.6) is 11.5 Å². The van der Waals surface area contributed by atoms with Crippen molar-refractivity contribution in [2.45, 2.75) is 12.6 Å². The molecule has 2 aliphatic heterocycles. The molecule has 3 heterocycles. The Labute approximate surface area is 202 Å². The highest BCUT2D eigenvalue weighted by molar-refractivity contribution is 5.90. The highest BCUT2D eigenvalue weighted by Gasteiger charge is 2.46. The predicted molar refractivity (Wildman–Crippen MR) is 124 cm³/mol. The van der Waals surface area contributed by atoms with Crippen molar-refractivity contribution in [3.05, 3.63) is 60.0 Å². The second-order valence-corrected chi connectivity index (χ2v) is 9.33. The molecule has 10 heteroatoms. The Bertz CT molecular complexity index is 1150. The number of aliphatic hydroxyl groups is 2. The molecule has 0 bridgehead atoms. The summed E-state index contributed by atoms with van der Waals surface area (Å²) in [4.78, 5) is 15.6. The molecular formula is C25H29N4O6+. The van der Waals surface area contributed by atoms with E-state index in [1.165, 1.54) is 10.5 Å². The number of likely N-dealkylation sites (tertiary alicyclic amines) is 2. The van der Waals surface area contributed by atoms with E-state index in [2.05, 4.69) is 10.2 Å². The minimum Gasteiger partial charge on any atom is -0.497 e. The molecule has 5 rings (SSSR count). The first-order valence-corrected chi connectivity index (χ1v) is 11.6. The van der Waals surface area contributed by atoms with Crippen molar-refractivity contribution in [2.75, 3.05) is 46.5 Å². The molecule has 0 aliphatic carbocycles. The predicted octanol–water partition coefficient (Wildman–Crippen LogP) is 0.0181. The number of hydrogen-bond donors (Lipinski definition) is 3. The lowest BCUT2D eigenvalue weighted by atomic mass is 9.81. The fourth-order valence-electron chi connectivity index (χ4n) is 4.55. The van der Waals surface area contributed by atoms with Crippen LogP contribution < -0.4 is 14.4 Å². The summed E-state index contributed by atoms with van der Waals surface area (Å²) >= 11 is 0. The van der Waals surface area contributed by atoms with Crippen molar-refractivity contribution in [3.63, 3.8) is 0 Å². The number of nitrogens with zero attached hydrogens (tertiary/aromatic N) is 3. The number of rotatable bonds is 9. The number of carbonyl (C=O) groups is 1. The van der Waals surface area contributed by atoms with Crippen LogP contribution >= 0.6 is 0 Å². The van der Waals surface area contributed by atoms with Crippen LogP contribution in [0.25, 0.3) is 11.5 Å². The maximum absolute atomic E-state index is 12.7. The van der Waals surface area contributed by atoms with E-state index in [0.29, 0.717) is 18.7 Å². The fraction of sp³-hybridized carbons (Fsp3) is 0.400. The number of methoxy groups -OCH3 is 1. The van der Waals surface area contributed by atoms with Crippen molar-refractivity contribution >= 4 is 5.91 Å². The van der Waals surface area contributed by atoms with Crippen molar-refractivity contribution < 1.29 is 33.8 Å². The normalized spacial score (nSPS) is 17.5. The Kier molecular flexibility index (Phi) is 6.42. The van der Waals surface area contributed by atoms with Crippen LogP contribution in [0.15, 0.2) is 52.9 Å². The maximum atomic E-state index is 12.7. The average molecular weight is 482 g/mol. The highest BCUT2D eigenvalue weighted by Crippen LogP contribution is 2.24. The Balaban J connectivity index is 1.08. The summed E-state index contributed by atoms with van der Waals surface area (Å²) in [6, 6.07) is 15.1. The average Bonchev–Trinajstić information content (AvgIpc) is 3.34. The summed E-state index contributed by atoms with van der Waals surface area (Å²) < 4.78 is 16.7. The molecule has 0 saturated carbocycles. The Morgan fingerprint density at radius 1 is 1.06 bits per heavy atom. The Hall–Kier alpha value is -3.47. The van der Waals surface area contributed by atoms with Gasteiger partial charge in [-0.25, -0.2) is 0 Å². The van der Waals surface area contributed by atoms with Crippen LogP contribution in [-0.4, -0.2) is 83.8 Å². The van der Waals surface area contributed by atoms with Crippen molar-refractivity contribution in [2.24, 2.45) is 5.41 Å². The van der Waals surface area contributed by atoms with Gasteiger partial charge in [-0.05, 0) is 48.5 Å². The molecule has 2 aromatic carbocycles. The number of ether oxygens (including phenoxy) is 2. The summed E-state index contributed by atoms with van der Waals surface area (Å²) in [5.74, 6) is 1.40. The van der Waals surface area contributed by atoms with Gasteiger partial charge in [0.25, 0.3) is 0 Å². The summed E-state index contributed by atoms with van der Waals surface area (Å²) in [6.45, 7) is 3.33. The van der Waals surface area contributed by atoms with E-state index in [1.54, 1.807) is 36.3 Å². The monoisotopic (exact) mass is 481 g/mol. The molecule has 3 N–H and O–H groups in total. The fourth-order valence-corrected chi connectivity index (χ4v) is 4.55. The molecule has 0 spiro atoms.